The summed E-state index contributed by atoms with van der Waals surface area (Å²) in [5.41, 5.74) is 7.09. The quantitative estimate of drug-likeness (QED) is 0.927. The van der Waals surface area contributed by atoms with Gasteiger partial charge in [0.15, 0.2) is 0 Å². The zero-order chi connectivity index (χ0) is 16.3. The van der Waals surface area contributed by atoms with Gasteiger partial charge in [-0.3, -0.25) is 0 Å². The van der Waals surface area contributed by atoms with Crippen LogP contribution in [0.2, 0.25) is 0 Å². The van der Waals surface area contributed by atoms with E-state index in [2.05, 4.69) is 58.0 Å². The fourth-order valence-corrected chi connectivity index (χ4v) is 2.80. The largest absolute Gasteiger partial charge is 0.378 e. The minimum absolute atomic E-state index is 0.0721. The summed E-state index contributed by atoms with van der Waals surface area (Å²) < 4.78 is 5.38. The summed E-state index contributed by atoms with van der Waals surface area (Å²) in [6, 6.07) is 10.4. The van der Waals surface area contributed by atoms with Crippen LogP contribution < -0.4 is 10.6 Å². The van der Waals surface area contributed by atoms with Crippen molar-refractivity contribution in [2.45, 2.75) is 25.7 Å². The SMILES string of the molecule is CC(C)(Cc1nc(N)nc(N2CCOCC2)n1)c1ccccc1. The molecule has 1 saturated heterocycles. The number of nitrogen functional groups attached to an aromatic ring is 1. The number of morpholine rings is 1. The first-order valence-corrected chi connectivity index (χ1v) is 7.93. The van der Waals surface area contributed by atoms with Gasteiger partial charge in [-0.25, -0.2) is 0 Å². The average Bonchev–Trinajstić information content (AvgIpc) is 2.55. The molecule has 122 valence electrons. The lowest BCUT2D eigenvalue weighted by molar-refractivity contribution is 0.122. The van der Waals surface area contributed by atoms with Crippen molar-refractivity contribution < 1.29 is 4.74 Å². The monoisotopic (exact) mass is 313 g/mol. The van der Waals surface area contributed by atoms with E-state index in [-0.39, 0.29) is 11.4 Å². The standard InChI is InChI=1S/C17H23N5O/c1-17(2,13-6-4-3-5-7-13)12-14-19-15(18)21-16(20-14)22-8-10-23-11-9-22/h3-7H,8-12H2,1-2H3,(H2,18,19,20,21). The van der Waals surface area contributed by atoms with Gasteiger partial charge in [0.25, 0.3) is 0 Å². The van der Waals surface area contributed by atoms with Crippen molar-refractivity contribution in [3.63, 3.8) is 0 Å². The lowest BCUT2D eigenvalue weighted by atomic mass is 9.81. The highest BCUT2D eigenvalue weighted by Crippen LogP contribution is 2.27. The first-order chi connectivity index (χ1) is 11.0. The Labute approximate surface area is 136 Å². The summed E-state index contributed by atoms with van der Waals surface area (Å²) in [6.07, 6.45) is 0.709. The highest BCUT2D eigenvalue weighted by molar-refractivity contribution is 5.36. The zero-order valence-corrected chi connectivity index (χ0v) is 13.7. The van der Waals surface area contributed by atoms with Crippen LogP contribution in [0.15, 0.2) is 30.3 Å². The Hall–Kier alpha value is -2.21. The normalized spacial score (nSPS) is 15.7. The first-order valence-electron chi connectivity index (χ1n) is 7.93. The Morgan fingerprint density at radius 2 is 1.78 bits per heavy atom. The van der Waals surface area contributed by atoms with Crippen LogP contribution in [0.3, 0.4) is 0 Å². The molecule has 2 N–H and O–H groups in total. The molecule has 0 radical (unpaired) electrons. The van der Waals surface area contributed by atoms with E-state index in [4.69, 9.17) is 10.5 Å². The van der Waals surface area contributed by atoms with E-state index in [0.717, 1.165) is 18.9 Å². The van der Waals surface area contributed by atoms with E-state index in [1.807, 2.05) is 6.07 Å². The number of hydrogen-bond donors (Lipinski definition) is 1. The Bertz CT molecular complexity index is 653. The third kappa shape index (κ3) is 3.76. The molecule has 3 rings (SSSR count). The number of nitrogens with zero attached hydrogens (tertiary/aromatic N) is 4. The number of ether oxygens (including phenoxy) is 1. The summed E-state index contributed by atoms with van der Waals surface area (Å²) in [6.45, 7) is 7.33. The van der Waals surface area contributed by atoms with Crippen LogP contribution in [0.5, 0.6) is 0 Å². The van der Waals surface area contributed by atoms with Crippen molar-refractivity contribution in [1.29, 1.82) is 0 Å². The van der Waals surface area contributed by atoms with E-state index in [9.17, 15) is 0 Å². The summed E-state index contributed by atoms with van der Waals surface area (Å²) in [5.74, 6) is 1.66. The lowest BCUT2D eigenvalue weighted by Crippen LogP contribution is -2.38. The summed E-state index contributed by atoms with van der Waals surface area (Å²) >= 11 is 0. The molecule has 1 aliphatic heterocycles. The van der Waals surface area contributed by atoms with E-state index in [0.29, 0.717) is 25.6 Å². The highest BCUT2D eigenvalue weighted by atomic mass is 16.5. The summed E-state index contributed by atoms with van der Waals surface area (Å²) in [4.78, 5) is 15.4. The minimum atomic E-state index is -0.0721. The van der Waals surface area contributed by atoms with Crippen molar-refractivity contribution in [2.24, 2.45) is 0 Å². The molecular weight excluding hydrogens is 290 g/mol. The lowest BCUT2D eigenvalue weighted by Gasteiger charge is -2.28. The van der Waals surface area contributed by atoms with E-state index in [1.54, 1.807) is 0 Å². The molecule has 0 amide bonds. The van der Waals surface area contributed by atoms with Crippen LogP contribution in [-0.4, -0.2) is 41.3 Å². The number of hydrogen-bond acceptors (Lipinski definition) is 6. The maximum atomic E-state index is 5.90. The molecule has 1 fully saturated rings. The van der Waals surface area contributed by atoms with Crippen molar-refractivity contribution in [2.75, 3.05) is 36.9 Å². The fourth-order valence-electron chi connectivity index (χ4n) is 2.80. The van der Waals surface area contributed by atoms with Crippen molar-refractivity contribution >= 4 is 11.9 Å². The van der Waals surface area contributed by atoms with Gasteiger partial charge in [0.2, 0.25) is 11.9 Å². The molecular formula is C17H23N5O. The van der Waals surface area contributed by atoms with Gasteiger partial charge in [-0.05, 0) is 11.0 Å². The van der Waals surface area contributed by atoms with Gasteiger partial charge in [0.1, 0.15) is 5.82 Å². The van der Waals surface area contributed by atoms with Gasteiger partial charge in [0.05, 0.1) is 13.2 Å². The third-order valence-corrected chi connectivity index (χ3v) is 4.14. The predicted molar refractivity (Wildman–Crippen MR) is 90.4 cm³/mol. The first kappa shape index (κ1) is 15.7. The van der Waals surface area contributed by atoms with Crippen LogP contribution in [0, 0.1) is 0 Å². The van der Waals surface area contributed by atoms with Gasteiger partial charge in [0, 0.05) is 19.5 Å². The molecule has 23 heavy (non-hydrogen) atoms. The number of rotatable bonds is 4. The number of anilines is 2. The molecule has 2 aromatic rings. The van der Waals surface area contributed by atoms with Crippen LogP contribution in [0.25, 0.3) is 0 Å². The van der Waals surface area contributed by atoms with Crippen molar-refractivity contribution in [3.05, 3.63) is 41.7 Å². The second-order valence-corrected chi connectivity index (χ2v) is 6.44. The Morgan fingerprint density at radius 1 is 1.09 bits per heavy atom. The summed E-state index contributed by atoms with van der Waals surface area (Å²) in [7, 11) is 0. The number of nitrogens with two attached hydrogens (primary N) is 1. The molecule has 0 spiro atoms. The van der Waals surface area contributed by atoms with Crippen molar-refractivity contribution in [3.8, 4) is 0 Å². The minimum Gasteiger partial charge on any atom is -0.378 e. The van der Waals surface area contributed by atoms with E-state index in [1.165, 1.54) is 5.56 Å². The average molecular weight is 313 g/mol. The molecule has 0 aliphatic carbocycles. The van der Waals surface area contributed by atoms with Gasteiger partial charge >= 0.3 is 0 Å². The molecule has 1 aliphatic rings. The van der Waals surface area contributed by atoms with Crippen LogP contribution in [-0.2, 0) is 16.6 Å². The second-order valence-electron chi connectivity index (χ2n) is 6.44. The van der Waals surface area contributed by atoms with Crippen LogP contribution in [0.4, 0.5) is 11.9 Å². The van der Waals surface area contributed by atoms with Crippen molar-refractivity contribution in [1.82, 2.24) is 15.0 Å². The predicted octanol–water partition coefficient (Wildman–Crippen LogP) is 1.81. The molecule has 0 saturated carbocycles. The van der Waals surface area contributed by atoms with E-state index < -0.39 is 0 Å². The smallest absolute Gasteiger partial charge is 0.230 e. The second kappa shape index (κ2) is 6.50. The van der Waals surface area contributed by atoms with E-state index >= 15 is 0 Å². The third-order valence-electron chi connectivity index (χ3n) is 4.14. The van der Waals surface area contributed by atoms with Crippen LogP contribution in [0.1, 0.15) is 25.2 Å². The fraction of sp³-hybridized carbons (Fsp3) is 0.471. The highest BCUT2D eigenvalue weighted by Gasteiger charge is 2.24. The van der Waals surface area contributed by atoms with Gasteiger partial charge in [-0.15, -0.1) is 0 Å². The molecule has 0 atom stereocenters. The number of benzene rings is 1. The maximum absolute atomic E-state index is 5.90. The van der Waals surface area contributed by atoms with Gasteiger partial charge in [-0.2, -0.15) is 15.0 Å². The molecule has 1 aromatic carbocycles. The molecule has 2 heterocycles. The summed E-state index contributed by atoms with van der Waals surface area (Å²) in [5, 5.41) is 0. The Balaban J connectivity index is 1.83. The maximum Gasteiger partial charge on any atom is 0.230 e. The Kier molecular flexibility index (Phi) is 4.43. The van der Waals surface area contributed by atoms with Gasteiger partial charge < -0.3 is 15.4 Å². The molecule has 1 aromatic heterocycles. The molecule has 6 heteroatoms. The molecule has 0 unspecified atom stereocenters. The van der Waals surface area contributed by atoms with Crippen LogP contribution >= 0.6 is 0 Å². The zero-order valence-electron chi connectivity index (χ0n) is 13.7. The topological polar surface area (TPSA) is 77.2 Å². The molecule has 6 nitrogen and oxygen atoms in total. The molecule has 0 bridgehead atoms. The van der Waals surface area contributed by atoms with Gasteiger partial charge in [-0.1, -0.05) is 44.2 Å². The number of aromatic nitrogens is 3. The Morgan fingerprint density at radius 3 is 2.48 bits per heavy atom.